The van der Waals surface area contributed by atoms with E-state index >= 15 is 0 Å². The molecule has 0 aromatic heterocycles. The SMILES string of the molecule is C=C(C)[C@H]1CC[C@@](C)([NH+]2CCOCC2)/C(=N\O)C1. The van der Waals surface area contributed by atoms with Gasteiger partial charge in [-0.05, 0) is 26.2 Å². The van der Waals surface area contributed by atoms with E-state index in [4.69, 9.17) is 4.74 Å². The van der Waals surface area contributed by atoms with Crippen LogP contribution in [0.2, 0.25) is 0 Å². The second kappa shape index (κ2) is 5.41. The van der Waals surface area contributed by atoms with Crippen LogP contribution in [0.25, 0.3) is 0 Å². The van der Waals surface area contributed by atoms with E-state index in [9.17, 15) is 5.21 Å². The molecule has 0 bridgehead atoms. The van der Waals surface area contributed by atoms with Crippen LogP contribution in [0.1, 0.15) is 33.1 Å². The molecule has 1 aliphatic carbocycles. The second-order valence-corrected chi connectivity index (χ2v) is 5.88. The lowest BCUT2D eigenvalue weighted by molar-refractivity contribution is -0.946. The third kappa shape index (κ3) is 2.45. The molecule has 2 aliphatic rings. The van der Waals surface area contributed by atoms with Crippen LogP contribution in [0, 0.1) is 5.92 Å². The van der Waals surface area contributed by atoms with Crippen molar-refractivity contribution in [3.63, 3.8) is 0 Å². The van der Waals surface area contributed by atoms with Gasteiger partial charge in [-0.15, -0.1) is 0 Å². The highest BCUT2D eigenvalue weighted by Gasteiger charge is 2.46. The number of allylic oxidation sites excluding steroid dienone is 1. The number of nitrogens with zero attached hydrogens (tertiary/aromatic N) is 1. The van der Waals surface area contributed by atoms with Gasteiger partial charge in [0, 0.05) is 12.8 Å². The molecule has 1 aliphatic heterocycles. The highest BCUT2D eigenvalue weighted by molar-refractivity contribution is 5.92. The number of ether oxygens (including phenoxy) is 1. The molecular formula is C14H25N2O2+. The Morgan fingerprint density at radius 3 is 2.72 bits per heavy atom. The fraction of sp³-hybridized carbons (Fsp3) is 0.786. The number of morpholine rings is 1. The van der Waals surface area contributed by atoms with Gasteiger partial charge in [-0.3, -0.25) is 0 Å². The Hall–Kier alpha value is -0.870. The van der Waals surface area contributed by atoms with Crippen LogP contribution in [0.3, 0.4) is 0 Å². The summed E-state index contributed by atoms with van der Waals surface area (Å²) in [5, 5.41) is 13.0. The summed E-state index contributed by atoms with van der Waals surface area (Å²) in [5.41, 5.74) is 2.12. The van der Waals surface area contributed by atoms with Crippen molar-refractivity contribution in [2.24, 2.45) is 11.1 Å². The lowest BCUT2D eigenvalue weighted by Gasteiger charge is -2.44. The Balaban J connectivity index is 2.14. The zero-order valence-corrected chi connectivity index (χ0v) is 11.5. The van der Waals surface area contributed by atoms with E-state index in [1.807, 2.05) is 0 Å². The quantitative estimate of drug-likeness (QED) is 0.436. The minimum Gasteiger partial charge on any atom is -0.411 e. The molecule has 4 nitrogen and oxygen atoms in total. The largest absolute Gasteiger partial charge is 0.411 e. The number of quaternary nitrogens is 1. The summed E-state index contributed by atoms with van der Waals surface area (Å²) < 4.78 is 5.43. The number of hydrogen-bond donors (Lipinski definition) is 2. The first kappa shape index (κ1) is 13.6. The maximum Gasteiger partial charge on any atom is 0.137 e. The van der Waals surface area contributed by atoms with Gasteiger partial charge in [0.15, 0.2) is 0 Å². The van der Waals surface area contributed by atoms with Gasteiger partial charge in [-0.1, -0.05) is 17.3 Å². The first-order chi connectivity index (χ1) is 8.58. The van der Waals surface area contributed by atoms with Crippen molar-refractivity contribution in [1.29, 1.82) is 0 Å². The van der Waals surface area contributed by atoms with Crippen molar-refractivity contribution in [3.8, 4) is 0 Å². The van der Waals surface area contributed by atoms with E-state index < -0.39 is 0 Å². The number of nitrogens with one attached hydrogen (secondary N) is 1. The van der Waals surface area contributed by atoms with Gasteiger partial charge < -0.3 is 14.8 Å². The van der Waals surface area contributed by atoms with Crippen molar-refractivity contribution >= 4 is 5.71 Å². The molecule has 1 heterocycles. The van der Waals surface area contributed by atoms with E-state index in [0.29, 0.717) is 5.92 Å². The Morgan fingerprint density at radius 2 is 2.17 bits per heavy atom. The summed E-state index contributed by atoms with van der Waals surface area (Å²) in [6, 6.07) is 0. The molecule has 0 unspecified atom stereocenters. The summed E-state index contributed by atoms with van der Waals surface area (Å²) in [7, 11) is 0. The van der Waals surface area contributed by atoms with Crippen molar-refractivity contribution in [3.05, 3.63) is 12.2 Å². The van der Waals surface area contributed by atoms with Crippen LogP contribution >= 0.6 is 0 Å². The van der Waals surface area contributed by atoms with Crippen LogP contribution in [0.4, 0.5) is 0 Å². The molecule has 2 N–H and O–H groups in total. The van der Waals surface area contributed by atoms with Gasteiger partial charge >= 0.3 is 0 Å². The molecule has 0 spiro atoms. The molecule has 4 heteroatoms. The lowest BCUT2D eigenvalue weighted by atomic mass is 9.73. The van der Waals surface area contributed by atoms with Gasteiger partial charge in [-0.2, -0.15) is 0 Å². The third-order valence-corrected chi connectivity index (χ3v) is 4.76. The molecule has 18 heavy (non-hydrogen) atoms. The Kier molecular flexibility index (Phi) is 4.07. The third-order valence-electron chi connectivity index (χ3n) is 4.76. The van der Waals surface area contributed by atoms with Crippen LogP contribution in [0.15, 0.2) is 17.3 Å². The van der Waals surface area contributed by atoms with E-state index in [-0.39, 0.29) is 5.54 Å². The highest BCUT2D eigenvalue weighted by atomic mass is 16.5. The smallest absolute Gasteiger partial charge is 0.137 e. The van der Waals surface area contributed by atoms with Crippen molar-refractivity contribution in [2.45, 2.75) is 38.6 Å². The predicted octanol–water partition coefficient (Wildman–Crippen LogP) is 0.867. The Bertz CT molecular complexity index is 348. The standard InChI is InChI=1S/C14H24N2O2/c1-11(2)12-4-5-14(3,13(10-12)15-17)16-6-8-18-9-7-16/h12,17H,1,4-10H2,2-3H3/p+1/b15-13-/t12-,14+/m0/s1. The monoisotopic (exact) mass is 253 g/mol. The van der Waals surface area contributed by atoms with E-state index in [0.717, 1.165) is 51.3 Å². The predicted molar refractivity (Wildman–Crippen MR) is 71.3 cm³/mol. The molecule has 0 aromatic carbocycles. The van der Waals surface area contributed by atoms with E-state index in [1.54, 1.807) is 0 Å². The number of hydrogen-bond acceptors (Lipinski definition) is 3. The highest BCUT2D eigenvalue weighted by Crippen LogP contribution is 2.32. The molecule has 0 aromatic rings. The summed E-state index contributed by atoms with van der Waals surface area (Å²) in [5.74, 6) is 0.476. The molecule has 1 saturated carbocycles. The maximum atomic E-state index is 9.37. The first-order valence-electron chi connectivity index (χ1n) is 6.87. The van der Waals surface area contributed by atoms with Crippen molar-refractivity contribution < 1.29 is 14.8 Å². The van der Waals surface area contributed by atoms with Crippen molar-refractivity contribution in [1.82, 2.24) is 0 Å². The summed E-state index contributed by atoms with van der Waals surface area (Å²) in [6.07, 6.45) is 3.07. The molecular weight excluding hydrogens is 228 g/mol. The maximum absolute atomic E-state index is 9.37. The normalized spacial score (nSPS) is 36.8. The second-order valence-electron chi connectivity index (χ2n) is 5.88. The zero-order valence-electron chi connectivity index (χ0n) is 11.5. The molecule has 102 valence electrons. The molecule has 2 atom stereocenters. The minimum absolute atomic E-state index is 0.0233. The zero-order chi connectivity index (χ0) is 13.2. The van der Waals surface area contributed by atoms with E-state index in [1.165, 1.54) is 10.5 Å². The molecule has 2 fully saturated rings. The fourth-order valence-electron chi connectivity index (χ4n) is 3.29. The summed E-state index contributed by atoms with van der Waals surface area (Å²) in [6.45, 7) is 12.0. The van der Waals surface area contributed by atoms with Gasteiger partial charge in [0.2, 0.25) is 0 Å². The topological polar surface area (TPSA) is 46.3 Å². The average Bonchev–Trinajstić information content (AvgIpc) is 2.40. The first-order valence-corrected chi connectivity index (χ1v) is 6.87. The van der Waals surface area contributed by atoms with Crippen LogP contribution < -0.4 is 4.90 Å². The molecule has 0 amide bonds. The lowest BCUT2D eigenvalue weighted by Crippen LogP contribution is -3.22. The van der Waals surface area contributed by atoms with Crippen LogP contribution in [0.5, 0.6) is 0 Å². The minimum atomic E-state index is -0.0233. The van der Waals surface area contributed by atoms with Crippen molar-refractivity contribution in [2.75, 3.05) is 26.3 Å². The summed E-state index contributed by atoms with van der Waals surface area (Å²) in [4.78, 5) is 1.50. The van der Waals surface area contributed by atoms with Gasteiger partial charge in [0.25, 0.3) is 0 Å². The van der Waals surface area contributed by atoms with Gasteiger partial charge in [-0.25, -0.2) is 0 Å². The fourth-order valence-corrected chi connectivity index (χ4v) is 3.29. The molecule has 2 rings (SSSR count). The average molecular weight is 253 g/mol. The Morgan fingerprint density at radius 1 is 1.50 bits per heavy atom. The van der Waals surface area contributed by atoms with Crippen LogP contribution in [-0.4, -0.2) is 42.8 Å². The molecule has 0 radical (unpaired) electrons. The van der Waals surface area contributed by atoms with Gasteiger partial charge in [0.1, 0.15) is 24.3 Å². The number of rotatable bonds is 2. The van der Waals surface area contributed by atoms with Crippen LogP contribution in [-0.2, 0) is 4.74 Å². The number of oxime groups is 1. The Labute approximate surface area is 109 Å². The van der Waals surface area contributed by atoms with E-state index in [2.05, 4.69) is 25.6 Å². The molecule has 1 saturated heterocycles. The van der Waals surface area contributed by atoms with Gasteiger partial charge in [0.05, 0.1) is 13.2 Å². The summed E-state index contributed by atoms with van der Waals surface area (Å²) >= 11 is 0.